The van der Waals surface area contributed by atoms with E-state index in [0.717, 1.165) is 55.2 Å². The van der Waals surface area contributed by atoms with Crippen molar-refractivity contribution in [3.8, 4) is 0 Å². The van der Waals surface area contributed by atoms with Gasteiger partial charge in [0.05, 0.1) is 6.04 Å². The Morgan fingerprint density at radius 2 is 2.14 bits per heavy atom. The predicted octanol–water partition coefficient (Wildman–Crippen LogP) is 3.63. The van der Waals surface area contributed by atoms with Gasteiger partial charge in [-0.1, -0.05) is 11.2 Å². The van der Waals surface area contributed by atoms with Gasteiger partial charge in [0.15, 0.2) is 5.82 Å². The number of thioether (sulfide) groups is 1. The van der Waals surface area contributed by atoms with E-state index in [1.807, 2.05) is 37.4 Å². The van der Waals surface area contributed by atoms with Crippen molar-refractivity contribution in [2.45, 2.75) is 55.1 Å². The molecule has 2 fully saturated rings. The second-order valence-electron chi connectivity index (χ2n) is 7.86. The lowest BCUT2D eigenvalue weighted by Crippen LogP contribution is -2.50. The van der Waals surface area contributed by atoms with Crippen molar-refractivity contribution in [3.63, 3.8) is 0 Å². The maximum absolute atomic E-state index is 12.8. The van der Waals surface area contributed by atoms with Crippen molar-refractivity contribution in [3.05, 3.63) is 36.0 Å². The summed E-state index contributed by atoms with van der Waals surface area (Å²) in [5.41, 5.74) is 0.273. The van der Waals surface area contributed by atoms with E-state index in [9.17, 15) is 4.79 Å². The number of benzene rings is 1. The van der Waals surface area contributed by atoms with Gasteiger partial charge in [-0.3, -0.25) is 9.69 Å². The molecule has 1 amide bonds. The molecule has 1 atom stereocenters. The minimum atomic E-state index is -0.556. The van der Waals surface area contributed by atoms with Crippen LogP contribution in [0.3, 0.4) is 0 Å². The average molecular weight is 417 g/mol. The van der Waals surface area contributed by atoms with Crippen LogP contribution in [-0.2, 0) is 15.1 Å². The Labute approximate surface area is 175 Å². The molecule has 1 saturated carbocycles. The fourth-order valence-corrected chi connectivity index (χ4v) is 4.28. The molecule has 1 aliphatic heterocycles. The lowest BCUT2D eigenvalue weighted by molar-refractivity contribution is -0.125. The molecule has 1 saturated heterocycles. The predicted molar refractivity (Wildman–Crippen MR) is 112 cm³/mol. The minimum Gasteiger partial charge on any atom is -0.368 e. The molecule has 1 aromatic carbocycles. The van der Waals surface area contributed by atoms with Crippen LogP contribution in [0.4, 0.5) is 5.69 Å². The summed E-state index contributed by atoms with van der Waals surface area (Å²) in [6, 6.07) is 7.68. The van der Waals surface area contributed by atoms with Gasteiger partial charge in [0.25, 0.3) is 5.89 Å². The Bertz CT molecular complexity index is 859. The second kappa shape index (κ2) is 8.45. The summed E-state index contributed by atoms with van der Waals surface area (Å²) < 4.78 is 11.4. The molecule has 2 aromatic rings. The maximum atomic E-state index is 12.8. The number of anilines is 1. The molecule has 29 heavy (non-hydrogen) atoms. The first kappa shape index (κ1) is 20.4. The summed E-state index contributed by atoms with van der Waals surface area (Å²) in [5.74, 6) is 1.84. The van der Waals surface area contributed by atoms with Gasteiger partial charge < -0.3 is 14.6 Å². The van der Waals surface area contributed by atoms with E-state index in [1.165, 1.54) is 0 Å². The summed E-state index contributed by atoms with van der Waals surface area (Å²) in [6.07, 6.45) is 5.74. The van der Waals surface area contributed by atoms with Crippen molar-refractivity contribution in [1.29, 1.82) is 0 Å². The Morgan fingerprint density at radius 1 is 1.38 bits per heavy atom. The van der Waals surface area contributed by atoms with Crippen LogP contribution in [0.5, 0.6) is 0 Å². The maximum Gasteiger partial charge on any atom is 0.258 e. The van der Waals surface area contributed by atoms with Gasteiger partial charge in [-0.25, -0.2) is 0 Å². The van der Waals surface area contributed by atoms with Crippen LogP contribution in [0.2, 0.25) is 0 Å². The number of piperidine rings is 1. The zero-order valence-corrected chi connectivity index (χ0v) is 18.0. The number of carbonyl (C=O) groups excluding carboxylic acids is 1. The fourth-order valence-electron chi connectivity index (χ4n) is 3.82. The van der Waals surface area contributed by atoms with Crippen molar-refractivity contribution < 1.29 is 14.1 Å². The molecular weight excluding hydrogens is 388 g/mol. The average Bonchev–Trinajstić information content (AvgIpc) is 3.49. The number of carbonyl (C=O) groups is 1. The Hall–Kier alpha value is -1.90. The highest BCUT2D eigenvalue weighted by Gasteiger charge is 2.43. The number of ether oxygens (including phenoxy) is 1. The van der Waals surface area contributed by atoms with Gasteiger partial charge in [-0.15, -0.1) is 11.8 Å². The van der Waals surface area contributed by atoms with Gasteiger partial charge in [0, 0.05) is 36.7 Å². The molecule has 4 rings (SSSR count). The van der Waals surface area contributed by atoms with Crippen LogP contribution in [0, 0.1) is 0 Å². The number of nitrogens with zero attached hydrogens (tertiary/aromatic N) is 3. The number of hydrogen-bond donors (Lipinski definition) is 1. The Kier molecular flexibility index (Phi) is 5.94. The Balaban J connectivity index is 1.37. The van der Waals surface area contributed by atoms with E-state index >= 15 is 0 Å². The quantitative estimate of drug-likeness (QED) is 0.690. The van der Waals surface area contributed by atoms with Crippen LogP contribution in [-0.4, -0.2) is 53.4 Å². The molecule has 0 bridgehead atoms. The van der Waals surface area contributed by atoms with Crippen LogP contribution >= 0.6 is 11.8 Å². The van der Waals surface area contributed by atoms with Crippen LogP contribution < -0.4 is 5.32 Å². The van der Waals surface area contributed by atoms with Crippen molar-refractivity contribution in [2.75, 3.05) is 31.8 Å². The normalized spacial score (nSPS) is 20.4. The van der Waals surface area contributed by atoms with E-state index < -0.39 is 5.60 Å². The van der Waals surface area contributed by atoms with E-state index in [0.29, 0.717) is 11.8 Å². The highest BCUT2D eigenvalue weighted by atomic mass is 32.2. The molecule has 2 aliphatic rings. The topological polar surface area (TPSA) is 80.5 Å². The van der Waals surface area contributed by atoms with Gasteiger partial charge in [-0.2, -0.15) is 4.98 Å². The fraction of sp³-hybridized carbons (Fsp3) is 0.571. The third-order valence-electron chi connectivity index (χ3n) is 6.03. The summed E-state index contributed by atoms with van der Waals surface area (Å²) in [6.45, 7) is 3.41. The molecule has 1 aliphatic carbocycles. The van der Waals surface area contributed by atoms with E-state index in [2.05, 4.69) is 20.4 Å². The zero-order chi connectivity index (χ0) is 20.4. The van der Waals surface area contributed by atoms with E-state index in [-0.39, 0.29) is 11.9 Å². The number of rotatable bonds is 7. The monoisotopic (exact) mass is 416 g/mol. The van der Waals surface area contributed by atoms with E-state index in [4.69, 9.17) is 9.26 Å². The highest BCUT2D eigenvalue weighted by Crippen LogP contribution is 2.41. The summed E-state index contributed by atoms with van der Waals surface area (Å²) in [7, 11) is 1.70. The first-order chi connectivity index (χ1) is 14.0. The lowest BCUT2D eigenvalue weighted by atomic mass is 9.90. The molecule has 1 N–H and O–H groups in total. The van der Waals surface area contributed by atoms with Gasteiger partial charge in [-0.05, 0) is 57.1 Å². The molecule has 2 heterocycles. The first-order valence-corrected chi connectivity index (χ1v) is 11.4. The van der Waals surface area contributed by atoms with Crippen molar-refractivity contribution in [2.24, 2.45) is 0 Å². The standard InChI is InChI=1S/C21H28N4O3S/c1-14(19(26)22-16-5-4-6-17(13-16)29-3)25-11-9-21(27-2,10-12-25)20-23-18(24-28-20)15-7-8-15/h4-6,13-15H,7-12H2,1-3H3,(H,22,26). The molecule has 156 valence electrons. The molecule has 1 unspecified atom stereocenters. The first-order valence-electron chi connectivity index (χ1n) is 10.1. The van der Waals surface area contributed by atoms with Gasteiger partial charge in [0.2, 0.25) is 5.91 Å². The third-order valence-corrected chi connectivity index (χ3v) is 6.76. The van der Waals surface area contributed by atoms with Crippen molar-refractivity contribution >= 4 is 23.4 Å². The number of likely N-dealkylation sites (tertiary alicyclic amines) is 1. The number of aromatic nitrogens is 2. The number of methoxy groups -OCH3 is 1. The highest BCUT2D eigenvalue weighted by molar-refractivity contribution is 7.98. The van der Waals surface area contributed by atoms with E-state index in [1.54, 1.807) is 18.9 Å². The van der Waals surface area contributed by atoms with Crippen molar-refractivity contribution in [1.82, 2.24) is 15.0 Å². The third kappa shape index (κ3) is 4.34. The van der Waals surface area contributed by atoms with Crippen LogP contribution in [0.15, 0.2) is 33.7 Å². The largest absolute Gasteiger partial charge is 0.368 e. The van der Waals surface area contributed by atoms with Gasteiger partial charge >= 0.3 is 0 Å². The second-order valence-corrected chi connectivity index (χ2v) is 8.74. The number of hydrogen-bond acceptors (Lipinski definition) is 7. The Morgan fingerprint density at radius 3 is 2.79 bits per heavy atom. The summed E-state index contributed by atoms with van der Waals surface area (Å²) in [5, 5.41) is 7.18. The molecule has 0 radical (unpaired) electrons. The number of amides is 1. The van der Waals surface area contributed by atoms with Gasteiger partial charge in [0.1, 0.15) is 5.60 Å². The summed E-state index contributed by atoms with van der Waals surface area (Å²) >= 11 is 1.66. The SMILES string of the molecule is COC1(c2nc(C3CC3)no2)CCN(C(C)C(=O)Nc2cccc(SC)c2)CC1. The molecule has 8 heteroatoms. The molecule has 1 aromatic heterocycles. The molecular formula is C21H28N4O3S. The minimum absolute atomic E-state index is 0.00183. The zero-order valence-electron chi connectivity index (χ0n) is 17.2. The lowest BCUT2D eigenvalue weighted by Gasteiger charge is -2.40. The molecule has 0 spiro atoms. The smallest absolute Gasteiger partial charge is 0.258 e. The summed E-state index contributed by atoms with van der Waals surface area (Å²) in [4.78, 5) is 20.7. The van der Waals surface area contributed by atoms with Crippen LogP contribution in [0.1, 0.15) is 50.2 Å². The number of nitrogens with one attached hydrogen (secondary N) is 1. The van der Waals surface area contributed by atoms with Crippen LogP contribution in [0.25, 0.3) is 0 Å². The molecule has 7 nitrogen and oxygen atoms in total.